The van der Waals surface area contributed by atoms with Gasteiger partial charge < -0.3 is 5.32 Å². The van der Waals surface area contributed by atoms with Crippen molar-refractivity contribution in [2.45, 2.75) is 19.4 Å². The summed E-state index contributed by atoms with van der Waals surface area (Å²) in [5.74, 6) is 0.505. The predicted molar refractivity (Wildman–Crippen MR) is 77.3 cm³/mol. The van der Waals surface area contributed by atoms with Crippen LogP contribution in [0.3, 0.4) is 0 Å². The average molecular weight is 383 g/mol. The molecule has 0 saturated carbocycles. The minimum absolute atomic E-state index is 0.00954. The Morgan fingerprint density at radius 3 is 2.35 bits per heavy atom. The second kappa shape index (κ2) is 4.90. The lowest BCUT2D eigenvalue weighted by molar-refractivity contribution is 0.602. The van der Waals surface area contributed by atoms with Crippen LogP contribution in [0.5, 0.6) is 0 Å². The maximum Gasteiger partial charge on any atom is 0.152 e. The van der Waals surface area contributed by atoms with Gasteiger partial charge in [0.1, 0.15) is 0 Å². The molecule has 0 amide bonds. The van der Waals surface area contributed by atoms with Crippen molar-refractivity contribution in [2.24, 2.45) is 0 Å². The highest BCUT2D eigenvalue weighted by Crippen LogP contribution is 2.33. The molecule has 1 atom stereocenters. The number of hydrogen-bond acceptors (Lipinski definition) is 3. The Morgan fingerprint density at radius 2 is 1.88 bits per heavy atom. The molecule has 1 N–H and O–H groups in total. The van der Waals surface area contributed by atoms with Crippen LogP contribution in [-0.4, -0.2) is 26.0 Å². The molecule has 0 aliphatic carbocycles. The summed E-state index contributed by atoms with van der Waals surface area (Å²) in [4.78, 5) is 0. The topological polar surface area (TPSA) is 46.2 Å². The predicted octanol–water partition coefficient (Wildman–Crippen LogP) is 3.12. The molecule has 0 radical (unpaired) electrons. The van der Waals surface area contributed by atoms with Crippen molar-refractivity contribution < 1.29 is 8.42 Å². The van der Waals surface area contributed by atoms with E-state index >= 15 is 0 Å². The zero-order valence-corrected chi connectivity index (χ0v) is 13.3. The monoisotopic (exact) mass is 381 g/mol. The molecule has 0 bridgehead atoms. The maximum absolute atomic E-state index is 11.4. The summed E-state index contributed by atoms with van der Waals surface area (Å²) in [6.07, 6.45) is 0.676. The van der Waals surface area contributed by atoms with Crippen LogP contribution in [0.4, 0.5) is 5.69 Å². The Hall–Kier alpha value is -0.0700. The van der Waals surface area contributed by atoms with Gasteiger partial charge in [-0.25, -0.2) is 8.42 Å². The molecular weight excluding hydrogens is 370 g/mol. The lowest BCUT2D eigenvalue weighted by Crippen LogP contribution is -2.21. The first-order valence-corrected chi connectivity index (χ1v) is 8.71. The Balaban J connectivity index is 2.20. The van der Waals surface area contributed by atoms with E-state index in [0.29, 0.717) is 6.42 Å². The van der Waals surface area contributed by atoms with Crippen LogP contribution in [-0.2, 0) is 9.84 Å². The molecular formula is C11H13Br2NO2S. The third-order valence-electron chi connectivity index (χ3n) is 2.77. The molecule has 1 aliphatic rings. The van der Waals surface area contributed by atoms with Gasteiger partial charge >= 0.3 is 0 Å². The van der Waals surface area contributed by atoms with Gasteiger partial charge in [-0.05, 0) is 62.9 Å². The molecule has 0 aromatic heterocycles. The molecule has 17 heavy (non-hydrogen) atoms. The lowest BCUT2D eigenvalue weighted by Gasteiger charge is -2.16. The molecule has 94 valence electrons. The van der Waals surface area contributed by atoms with E-state index in [2.05, 4.69) is 37.2 Å². The minimum atomic E-state index is -2.84. The number of anilines is 1. The van der Waals surface area contributed by atoms with Crippen LogP contribution in [0, 0.1) is 6.92 Å². The fourth-order valence-corrected chi connectivity index (χ4v) is 5.27. The Kier molecular flexibility index (Phi) is 3.85. The molecule has 1 unspecified atom stereocenters. The normalized spacial score (nSPS) is 22.6. The van der Waals surface area contributed by atoms with Crippen molar-refractivity contribution in [1.82, 2.24) is 0 Å². The SMILES string of the molecule is Cc1cc(Br)c(NC2CCS(=O)(=O)C2)c(Br)c1. The van der Waals surface area contributed by atoms with E-state index in [1.165, 1.54) is 0 Å². The number of hydrogen-bond donors (Lipinski definition) is 1. The average Bonchev–Trinajstić information content (AvgIpc) is 2.52. The summed E-state index contributed by atoms with van der Waals surface area (Å²) >= 11 is 6.98. The van der Waals surface area contributed by atoms with E-state index in [1.807, 2.05) is 19.1 Å². The zero-order valence-electron chi connectivity index (χ0n) is 9.33. The van der Waals surface area contributed by atoms with E-state index in [4.69, 9.17) is 0 Å². The van der Waals surface area contributed by atoms with E-state index in [1.54, 1.807) is 0 Å². The highest BCUT2D eigenvalue weighted by atomic mass is 79.9. The van der Waals surface area contributed by atoms with Crippen molar-refractivity contribution in [3.63, 3.8) is 0 Å². The van der Waals surface area contributed by atoms with E-state index < -0.39 is 9.84 Å². The fraction of sp³-hybridized carbons (Fsp3) is 0.455. The van der Waals surface area contributed by atoms with Crippen LogP contribution >= 0.6 is 31.9 Å². The molecule has 1 aromatic carbocycles. The number of benzene rings is 1. The number of rotatable bonds is 2. The number of sulfone groups is 1. The fourth-order valence-electron chi connectivity index (χ4n) is 1.95. The highest BCUT2D eigenvalue weighted by molar-refractivity contribution is 9.11. The van der Waals surface area contributed by atoms with Crippen molar-refractivity contribution in [1.29, 1.82) is 0 Å². The number of halogens is 2. The smallest absolute Gasteiger partial charge is 0.152 e. The van der Waals surface area contributed by atoms with E-state index in [0.717, 1.165) is 20.2 Å². The van der Waals surface area contributed by atoms with Crippen molar-refractivity contribution in [3.8, 4) is 0 Å². The first-order chi connectivity index (χ1) is 7.87. The second-order valence-corrected chi connectivity index (χ2v) is 8.29. The van der Waals surface area contributed by atoms with Gasteiger partial charge in [-0.2, -0.15) is 0 Å². The van der Waals surface area contributed by atoms with Crippen LogP contribution in [0.25, 0.3) is 0 Å². The van der Waals surface area contributed by atoms with E-state index in [9.17, 15) is 8.42 Å². The maximum atomic E-state index is 11.4. The van der Waals surface area contributed by atoms with Gasteiger partial charge in [0.2, 0.25) is 0 Å². The van der Waals surface area contributed by atoms with Gasteiger partial charge in [0.15, 0.2) is 9.84 Å². The molecule has 1 heterocycles. The van der Waals surface area contributed by atoms with Crippen LogP contribution < -0.4 is 5.32 Å². The number of aryl methyl sites for hydroxylation is 1. The summed E-state index contributed by atoms with van der Waals surface area (Å²) in [6, 6.07) is 4.03. The third kappa shape index (κ3) is 3.23. The molecule has 1 aromatic rings. The van der Waals surface area contributed by atoms with Gasteiger partial charge in [-0.1, -0.05) is 0 Å². The summed E-state index contributed by atoms with van der Waals surface area (Å²) in [5.41, 5.74) is 2.08. The Bertz CT molecular complexity index is 519. The van der Waals surface area contributed by atoms with Crippen molar-refractivity contribution >= 4 is 47.4 Å². The van der Waals surface area contributed by atoms with Crippen molar-refractivity contribution in [2.75, 3.05) is 16.8 Å². The Labute approximate surface area is 118 Å². The van der Waals surface area contributed by atoms with Crippen molar-refractivity contribution in [3.05, 3.63) is 26.6 Å². The zero-order chi connectivity index (χ0) is 12.6. The molecule has 1 saturated heterocycles. The van der Waals surface area contributed by atoms with Crippen LogP contribution in [0.15, 0.2) is 21.1 Å². The lowest BCUT2D eigenvalue weighted by atomic mass is 10.2. The summed E-state index contributed by atoms with van der Waals surface area (Å²) in [7, 11) is -2.84. The second-order valence-electron chi connectivity index (χ2n) is 4.35. The Morgan fingerprint density at radius 1 is 1.29 bits per heavy atom. The van der Waals surface area contributed by atoms with Gasteiger partial charge in [0.05, 0.1) is 17.2 Å². The molecule has 1 aliphatic heterocycles. The summed E-state index contributed by atoms with van der Waals surface area (Å²) < 4.78 is 24.7. The minimum Gasteiger partial charge on any atom is -0.379 e. The highest BCUT2D eigenvalue weighted by Gasteiger charge is 2.28. The quantitative estimate of drug-likeness (QED) is 0.854. The first kappa shape index (κ1) is 13.4. The van der Waals surface area contributed by atoms with Gasteiger partial charge in [0, 0.05) is 15.0 Å². The van der Waals surface area contributed by atoms with Gasteiger partial charge in [0.25, 0.3) is 0 Å². The standard InChI is InChI=1S/C11H13Br2NO2S/c1-7-4-9(12)11(10(13)5-7)14-8-2-3-17(15,16)6-8/h4-5,8,14H,2-3,6H2,1H3. The first-order valence-electron chi connectivity index (χ1n) is 5.30. The van der Waals surface area contributed by atoms with Gasteiger partial charge in [-0.3, -0.25) is 0 Å². The molecule has 0 spiro atoms. The largest absolute Gasteiger partial charge is 0.379 e. The summed E-state index contributed by atoms with van der Waals surface area (Å²) in [5, 5.41) is 3.29. The molecule has 3 nitrogen and oxygen atoms in total. The van der Waals surface area contributed by atoms with Crippen LogP contribution in [0.1, 0.15) is 12.0 Å². The number of nitrogens with one attached hydrogen (secondary N) is 1. The summed E-state index contributed by atoms with van der Waals surface area (Å²) in [6.45, 7) is 2.01. The van der Waals surface area contributed by atoms with Gasteiger partial charge in [-0.15, -0.1) is 0 Å². The van der Waals surface area contributed by atoms with Crippen LogP contribution in [0.2, 0.25) is 0 Å². The third-order valence-corrected chi connectivity index (χ3v) is 5.79. The molecule has 6 heteroatoms. The molecule has 2 rings (SSSR count). The van der Waals surface area contributed by atoms with E-state index in [-0.39, 0.29) is 17.5 Å². The molecule has 1 fully saturated rings.